The van der Waals surface area contributed by atoms with Crippen LogP contribution in [-0.4, -0.2) is 37.6 Å². The Labute approximate surface area is 107 Å². The first-order valence-electron chi connectivity index (χ1n) is 6.21. The fraction of sp³-hybridized carbons (Fsp3) is 0.909. The quantitative estimate of drug-likeness (QED) is 0.724. The van der Waals surface area contributed by atoms with Gasteiger partial charge in [-0.3, -0.25) is 4.79 Å². The zero-order chi connectivity index (χ0) is 12.5. The van der Waals surface area contributed by atoms with Crippen LogP contribution in [0.1, 0.15) is 38.5 Å². The van der Waals surface area contributed by atoms with Gasteiger partial charge < -0.3 is 4.90 Å². The lowest BCUT2D eigenvalue weighted by Crippen LogP contribution is -2.46. The molecule has 4 nitrogen and oxygen atoms in total. The number of carbonyl (C=O) groups is 1. The van der Waals surface area contributed by atoms with Crippen molar-refractivity contribution >= 4 is 25.6 Å². The largest absolute Gasteiger partial charge is 0.341 e. The van der Waals surface area contributed by atoms with E-state index in [0.717, 1.165) is 32.1 Å². The van der Waals surface area contributed by atoms with Crippen molar-refractivity contribution in [2.75, 3.05) is 13.1 Å². The Morgan fingerprint density at radius 1 is 1.12 bits per heavy atom. The fourth-order valence-electron chi connectivity index (χ4n) is 2.80. The second-order valence-corrected chi connectivity index (χ2v) is 7.91. The van der Waals surface area contributed by atoms with Gasteiger partial charge in [0.1, 0.15) is 0 Å². The second kappa shape index (κ2) is 5.14. The molecule has 0 bridgehead atoms. The monoisotopic (exact) mass is 279 g/mol. The molecule has 98 valence electrons. The highest BCUT2D eigenvalue weighted by molar-refractivity contribution is 8.14. The third-order valence-electron chi connectivity index (χ3n) is 3.79. The minimum Gasteiger partial charge on any atom is -0.341 e. The molecule has 1 heterocycles. The molecule has 6 heteroatoms. The molecule has 1 amide bonds. The maximum absolute atomic E-state index is 12.2. The molecule has 2 rings (SSSR count). The van der Waals surface area contributed by atoms with E-state index in [4.69, 9.17) is 10.7 Å². The first-order chi connectivity index (χ1) is 7.98. The zero-order valence-corrected chi connectivity index (χ0v) is 11.3. The first kappa shape index (κ1) is 13.1. The number of halogens is 1. The molecular weight excluding hydrogens is 262 g/mol. The van der Waals surface area contributed by atoms with Crippen molar-refractivity contribution in [3.05, 3.63) is 0 Å². The van der Waals surface area contributed by atoms with E-state index in [9.17, 15) is 13.2 Å². The van der Waals surface area contributed by atoms with Gasteiger partial charge in [-0.2, -0.15) is 0 Å². The third-order valence-corrected chi connectivity index (χ3v) is 5.73. The summed E-state index contributed by atoms with van der Waals surface area (Å²) in [5.74, 6) is 0.249. The Balaban J connectivity index is 1.99. The molecule has 0 radical (unpaired) electrons. The average Bonchev–Trinajstić information content (AvgIpc) is 2.80. The highest BCUT2D eigenvalue weighted by atomic mass is 35.7. The summed E-state index contributed by atoms with van der Waals surface area (Å²) < 4.78 is 22.6. The van der Waals surface area contributed by atoms with E-state index in [2.05, 4.69) is 0 Å². The lowest BCUT2D eigenvalue weighted by Gasteiger charge is -2.32. The van der Waals surface area contributed by atoms with E-state index in [-0.39, 0.29) is 18.4 Å². The highest BCUT2D eigenvalue weighted by Gasteiger charge is 2.34. The standard InChI is InChI=1S/C11H18ClNO3S/c12-17(15,16)10-6-3-7-13(8-10)11(14)9-4-1-2-5-9/h9-10H,1-8H2/t10-/m0/s1. The van der Waals surface area contributed by atoms with Gasteiger partial charge in [0.2, 0.25) is 15.0 Å². The lowest BCUT2D eigenvalue weighted by atomic mass is 10.0. The molecule has 2 aliphatic rings. The summed E-state index contributed by atoms with van der Waals surface area (Å²) >= 11 is 0. The van der Waals surface area contributed by atoms with Gasteiger partial charge in [-0.15, -0.1) is 0 Å². The van der Waals surface area contributed by atoms with Crippen LogP contribution in [0.5, 0.6) is 0 Å². The van der Waals surface area contributed by atoms with E-state index in [1.54, 1.807) is 4.90 Å². The number of nitrogens with zero attached hydrogens (tertiary/aromatic N) is 1. The van der Waals surface area contributed by atoms with Crippen molar-refractivity contribution in [1.82, 2.24) is 4.90 Å². The second-order valence-electron chi connectivity index (χ2n) is 5.01. The highest BCUT2D eigenvalue weighted by Crippen LogP contribution is 2.28. The maximum Gasteiger partial charge on any atom is 0.237 e. The van der Waals surface area contributed by atoms with Gasteiger partial charge in [-0.1, -0.05) is 12.8 Å². The lowest BCUT2D eigenvalue weighted by molar-refractivity contribution is -0.136. The van der Waals surface area contributed by atoms with Crippen LogP contribution in [0.25, 0.3) is 0 Å². The maximum atomic E-state index is 12.2. The van der Waals surface area contributed by atoms with Crippen molar-refractivity contribution < 1.29 is 13.2 Å². The number of hydrogen-bond donors (Lipinski definition) is 0. The molecule has 0 spiro atoms. The molecule has 0 unspecified atom stereocenters. The first-order valence-corrected chi connectivity index (χ1v) is 8.58. The summed E-state index contributed by atoms with van der Waals surface area (Å²) in [4.78, 5) is 13.9. The summed E-state index contributed by atoms with van der Waals surface area (Å²) in [6.07, 6.45) is 5.43. The molecule has 1 saturated carbocycles. The smallest absolute Gasteiger partial charge is 0.237 e. The summed E-state index contributed by atoms with van der Waals surface area (Å²) in [5.41, 5.74) is 0. The Hall–Kier alpha value is -0.290. The molecule has 1 aliphatic carbocycles. The average molecular weight is 280 g/mol. The minimum atomic E-state index is -3.54. The van der Waals surface area contributed by atoms with Crippen LogP contribution < -0.4 is 0 Å². The van der Waals surface area contributed by atoms with E-state index >= 15 is 0 Å². The molecule has 1 atom stereocenters. The molecule has 0 aromatic rings. The molecule has 1 saturated heterocycles. The Kier molecular flexibility index (Phi) is 3.98. The molecule has 0 aromatic carbocycles. The number of carbonyl (C=O) groups excluding carboxylic acids is 1. The molecule has 0 N–H and O–H groups in total. The van der Waals surface area contributed by atoms with Gasteiger partial charge in [0, 0.05) is 29.7 Å². The van der Waals surface area contributed by atoms with Crippen molar-refractivity contribution in [2.45, 2.75) is 43.8 Å². The predicted octanol–water partition coefficient (Wildman–Crippen LogP) is 1.74. The number of rotatable bonds is 2. The van der Waals surface area contributed by atoms with Crippen LogP contribution in [0.15, 0.2) is 0 Å². The molecule has 1 aliphatic heterocycles. The van der Waals surface area contributed by atoms with Crippen molar-refractivity contribution in [3.8, 4) is 0 Å². The van der Waals surface area contributed by atoms with Crippen LogP contribution in [-0.2, 0) is 13.8 Å². The van der Waals surface area contributed by atoms with E-state index in [1.165, 1.54) is 0 Å². The number of amides is 1. The Morgan fingerprint density at radius 2 is 1.76 bits per heavy atom. The van der Waals surface area contributed by atoms with Crippen molar-refractivity contribution in [2.24, 2.45) is 5.92 Å². The minimum absolute atomic E-state index is 0.117. The summed E-state index contributed by atoms with van der Waals surface area (Å²) in [7, 11) is 1.84. The van der Waals surface area contributed by atoms with Crippen LogP contribution in [0.3, 0.4) is 0 Å². The topological polar surface area (TPSA) is 54.5 Å². The van der Waals surface area contributed by atoms with Gasteiger partial charge in [-0.05, 0) is 25.7 Å². The molecule has 0 aromatic heterocycles. The predicted molar refractivity (Wildman–Crippen MR) is 66.3 cm³/mol. The normalized spacial score (nSPS) is 27.4. The number of hydrogen-bond acceptors (Lipinski definition) is 3. The van der Waals surface area contributed by atoms with Gasteiger partial charge >= 0.3 is 0 Å². The van der Waals surface area contributed by atoms with Crippen LogP contribution in [0.2, 0.25) is 0 Å². The van der Waals surface area contributed by atoms with Gasteiger partial charge in [0.05, 0.1) is 5.25 Å². The number of piperidine rings is 1. The molecule has 2 fully saturated rings. The van der Waals surface area contributed by atoms with Crippen LogP contribution in [0.4, 0.5) is 0 Å². The molecule has 17 heavy (non-hydrogen) atoms. The third kappa shape index (κ3) is 3.13. The number of likely N-dealkylation sites (tertiary alicyclic amines) is 1. The van der Waals surface area contributed by atoms with Crippen molar-refractivity contribution in [3.63, 3.8) is 0 Å². The van der Waals surface area contributed by atoms with E-state index < -0.39 is 14.3 Å². The Bertz CT molecular complexity index is 390. The van der Waals surface area contributed by atoms with Crippen LogP contribution >= 0.6 is 10.7 Å². The molecular formula is C11H18ClNO3S. The Morgan fingerprint density at radius 3 is 2.35 bits per heavy atom. The summed E-state index contributed by atoms with van der Waals surface area (Å²) in [5, 5.41) is -0.580. The van der Waals surface area contributed by atoms with Gasteiger partial charge in [-0.25, -0.2) is 8.42 Å². The van der Waals surface area contributed by atoms with Crippen LogP contribution in [0, 0.1) is 5.92 Å². The van der Waals surface area contributed by atoms with Gasteiger partial charge in [0.25, 0.3) is 0 Å². The van der Waals surface area contributed by atoms with E-state index in [1.807, 2.05) is 0 Å². The van der Waals surface area contributed by atoms with E-state index in [0.29, 0.717) is 13.0 Å². The van der Waals surface area contributed by atoms with Crippen molar-refractivity contribution in [1.29, 1.82) is 0 Å². The SMILES string of the molecule is O=C(C1CCCC1)N1CCC[C@H](S(=O)(=O)Cl)C1. The summed E-state index contributed by atoms with van der Waals surface area (Å²) in [6, 6.07) is 0. The zero-order valence-electron chi connectivity index (χ0n) is 9.77. The fourth-order valence-corrected chi connectivity index (χ4v) is 4.04. The van der Waals surface area contributed by atoms with Gasteiger partial charge in [0.15, 0.2) is 0 Å². The summed E-state index contributed by atoms with van der Waals surface area (Å²) in [6.45, 7) is 0.958.